The van der Waals surface area contributed by atoms with E-state index < -0.39 is 0 Å². The van der Waals surface area contributed by atoms with Crippen LogP contribution in [-0.4, -0.2) is 39.3 Å². The summed E-state index contributed by atoms with van der Waals surface area (Å²) in [6.45, 7) is 8.71. The average molecular weight is 445 g/mol. The highest BCUT2D eigenvalue weighted by molar-refractivity contribution is 8.26. The Kier molecular flexibility index (Phi) is 7.37. The number of piperidine rings is 1. The second-order valence-corrected chi connectivity index (χ2v) is 9.36. The van der Waals surface area contributed by atoms with E-state index in [0.717, 1.165) is 50.2 Å². The van der Waals surface area contributed by atoms with E-state index in [0.29, 0.717) is 27.9 Å². The van der Waals surface area contributed by atoms with Crippen LogP contribution in [0.25, 0.3) is 6.08 Å². The molecule has 2 aliphatic rings. The molecule has 3 rings (SSSR count). The molecule has 0 spiro atoms. The summed E-state index contributed by atoms with van der Waals surface area (Å²) in [4.78, 5) is 30.5. The number of hydrogen-bond acceptors (Lipinski definition) is 6. The standard InChI is InChI=1S/C22H28N4O2S2/c1-4-9-25-19(24-11-7-6-8-12-24)16(15(3)17(14-23)20(25)27)13-18-21(28)26(10-5-2)22(29)30-18/h13H,4-12H2,1-3H3. The van der Waals surface area contributed by atoms with Gasteiger partial charge < -0.3 is 4.90 Å². The highest BCUT2D eigenvalue weighted by atomic mass is 32.2. The Labute approximate surface area is 187 Å². The van der Waals surface area contributed by atoms with Crippen molar-refractivity contribution in [1.82, 2.24) is 9.47 Å². The predicted octanol–water partition coefficient (Wildman–Crippen LogP) is 4.04. The number of pyridine rings is 1. The maximum absolute atomic E-state index is 13.1. The molecule has 30 heavy (non-hydrogen) atoms. The molecule has 0 aromatic carbocycles. The third-order valence-corrected chi connectivity index (χ3v) is 6.92. The van der Waals surface area contributed by atoms with Crippen LogP contribution in [0, 0.1) is 18.3 Å². The summed E-state index contributed by atoms with van der Waals surface area (Å²) in [5.41, 5.74) is 1.34. The van der Waals surface area contributed by atoms with E-state index in [-0.39, 0.29) is 17.0 Å². The Morgan fingerprint density at radius 3 is 2.40 bits per heavy atom. The fourth-order valence-corrected chi connectivity index (χ4v) is 5.36. The van der Waals surface area contributed by atoms with Crippen molar-refractivity contribution in [3.63, 3.8) is 0 Å². The molecular formula is C22H28N4O2S2. The number of carbonyl (C=O) groups is 1. The quantitative estimate of drug-likeness (QED) is 0.487. The Hall–Kier alpha value is -2.11. The number of hydrogen-bond donors (Lipinski definition) is 0. The lowest BCUT2D eigenvalue weighted by molar-refractivity contribution is -0.122. The first-order valence-electron chi connectivity index (χ1n) is 10.6. The van der Waals surface area contributed by atoms with Gasteiger partial charge in [0.05, 0.1) is 4.91 Å². The van der Waals surface area contributed by atoms with E-state index in [1.165, 1.54) is 18.2 Å². The number of thioether (sulfide) groups is 1. The lowest BCUT2D eigenvalue weighted by atomic mass is 10.0. The van der Waals surface area contributed by atoms with Gasteiger partial charge in [-0.15, -0.1) is 0 Å². The van der Waals surface area contributed by atoms with E-state index in [9.17, 15) is 14.9 Å². The molecule has 8 heteroatoms. The minimum Gasteiger partial charge on any atom is -0.357 e. The highest BCUT2D eigenvalue weighted by Crippen LogP contribution is 2.36. The summed E-state index contributed by atoms with van der Waals surface area (Å²) < 4.78 is 2.29. The smallest absolute Gasteiger partial charge is 0.270 e. The van der Waals surface area contributed by atoms with Gasteiger partial charge in [-0.05, 0) is 50.7 Å². The Balaban J connectivity index is 2.23. The molecule has 0 bridgehead atoms. The Morgan fingerprint density at radius 1 is 1.13 bits per heavy atom. The van der Waals surface area contributed by atoms with Gasteiger partial charge in [-0.1, -0.05) is 37.8 Å². The first-order chi connectivity index (χ1) is 14.4. The van der Waals surface area contributed by atoms with Crippen LogP contribution < -0.4 is 10.5 Å². The first kappa shape index (κ1) is 22.6. The Bertz CT molecular complexity index is 984. The summed E-state index contributed by atoms with van der Waals surface area (Å²) >= 11 is 6.71. The van der Waals surface area contributed by atoms with E-state index in [2.05, 4.69) is 11.0 Å². The molecule has 0 unspecified atom stereocenters. The van der Waals surface area contributed by atoms with Crippen LogP contribution in [0.1, 0.15) is 62.6 Å². The number of carbonyl (C=O) groups excluding carboxylic acids is 1. The van der Waals surface area contributed by atoms with Crippen molar-refractivity contribution in [2.24, 2.45) is 0 Å². The number of aromatic nitrogens is 1. The lowest BCUT2D eigenvalue weighted by Gasteiger charge is -2.33. The molecule has 0 aliphatic carbocycles. The van der Waals surface area contributed by atoms with Crippen LogP contribution in [-0.2, 0) is 11.3 Å². The van der Waals surface area contributed by atoms with Crippen LogP contribution in [0.5, 0.6) is 0 Å². The third-order valence-electron chi connectivity index (χ3n) is 5.55. The fourth-order valence-electron chi connectivity index (χ4n) is 4.07. The maximum atomic E-state index is 13.1. The van der Waals surface area contributed by atoms with E-state index in [1.807, 2.05) is 26.8 Å². The number of nitriles is 1. The molecule has 160 valence electrons. The lowest BCUT2D eigenvalue weighted by Crippen LogP contribution is -2.37. The SMILES string of the molecule is CCCN1C(=O)C(=Cc2c(C)c(C#N)c(=O)n(CCC)c2N2CCCCC2)SC1=S. The van der Waals surface area contributed by atoms with Gasteiger partial charge in [0.2, 0.25) is 0 Å². The molecule has 3 heterocycles. The number of nitrogens with zero attached hydrogens (tertiary/aromatic N) is 4. The van der Waals surface area contributed by atoms with Gasteiger partial charge in [0, 0.05) is 31.7 Å². The third kappa shape index (κ3) is 4.19. The summed E-state index contributed by atoms with van der Waals surface area (Å²) in [6, 6.07) is 2.10. The monoisotopic (exact) mass is 444 g/mol. The van der Waals surface area contributed by atoms with Crippen LogP contribution >= 0.6 is 24.0 Å². The molecule has 6 nitrogen and oxygen atoms in total. The number of thiocarbonyl (C=S) groups is 1. The molecule has 2 fully saturated rings. The number of rotatable bonds is 6. The molecule has 0 atom stereocenters. The first-order valence-corrected chi connectivity index (χ1v) is 11.8. The zero-order chi connectivity index (χ0) is 21.8. The Morgan fingerprint density at radius 2 is 1.80 bits per heavy atom. The number of anilines is 1. The predicted molar refractivity (Wildman–Crippen MR) is 127 cm³/mol. The summed E-state index contributed by atoms with van der Waals surface area (Å²) in [5.74, 6) is 0.737. The van der Waals surface area contributed by atoms with Crippen molar-refractivity contribution >= 4 is 46.1 Å². The minimum atomic E-state index is -0.242. The molecule has 1 amide bonds. The summed E-state index contributed by atoms with van der Waals surface area (Å²) in [6.07, 6.45) is 6.77. The second kappa shape index (κ2) is 9.80. The van der Waals surface area contributed by atoms with Crippen molar-refractivity contribution in [3.05, 3.63) is 31.9 Å². The molecule has 1 aromatic rings. The van der Waals surface area contributed by atoms with Gasteiger partial charge in [-0.2, -0.15) is 5.26 Å². The van der Waals surface area contributed by atoms with Gasteiger partial charge >= 0.3 is 0 Å². The largest absolute Gasteiger partial charge is 0.357 e. The van der Waals surface area contributed by atoms with Gasteiger partial charge in [-0.3, -0.25) is 19.1 Å². The second-order valence-electron chi connectivity index (χ2n) is 7.69. The summed E-state index contributed by atoms with van der Waals surface area (Å²) in [5, 5.41) is 9.69. The zero-order valence-electron chi connectivity index (χ0n) is 17.9. The van der Waals surface area contributed by atoms with Gasteiger partial charge in [0.25, 0.3) is 11.5 Å². The van der Waals surface area contributed by atoms with Crippen molar-refractivity contribution in [1.29, 1.82) is 5.26 Å². The van der Waals surface area contributed by atoms with Crippen molar-refractivity contribution in [2.45, 2.75) is 59.4 Å². The summed E-state index contributed by atoms with van der Waals surface area (Å²) in [7, 11) is 0. The fraction of sp³-hybridized carbons (Fsp3) is 0.545. The molecule has 2 aliphatic heterocycles. The van der Waals surface area contributed by atoms with Gasteiger partial charge in [0.1, 0.15) is 21.8 Å². The highest BCUT2D eigenvalue weighted by Gasteiger charge is 2.32. The van der Waals surface area contributed by atoms with Crippen molar-refractivity contribution < 1.29 is 4.79 Å². The maximum Gasteiger partial charge on any atom is 0.270 e. The van der Waals surface area contributed by atoms with Crippen molar-refractivity contribution in [3.8, 4) is 6.07 Å². The molecule has 1 aromatic heterocycles. The van der Waals surface area contributed by atoms with Crippen molar-refractivity contribution in [2.75, 3.05) is 24.5 Å². The van der Waals surface area contributed by atoms with Gasteiger partial charge in [-0.25, -0.2) is 0 Å². The van der Waals surface area contributed by atoms with Crippen LogP contribution in [0.15, 0.2) is 9.70 Å². The van der Waals surface area contributed by atoms with Crippen LogP contribution in [0.3, 0.4) is 0 Å². The van der Waals surface area contributed by atoms with Gasteiger partial charge in [0.15, 0.2) is 0 Å². The topological polar surface area (TPSA) is 69.3 Å². The zero-order valence-corrected chi connectivity index (χ0v) is 19.5. The molecule has 0 saturated carbocycles. The molecule has 0 radical (unpaired) electrons. The molecular weight excluding hydrogens is 416 g/mol. The van der Waals surface area contributed by atoms with E-state index in [1.54, 1.807) is 9.47 Å². The van der Waals surface area contributed by atoms with E-state index >= 15 is 0 Å². The normalized spacial score (nSPS) is 18.4. The van der Waals surface area contributed by atoms with E-state index in [4.69, 9.17) is 12.2 Å². The van der Waals surface area contributed by atoms with Crippen LogP contribution in [0.2, 0.25) is 0 Å². The average Bonchev–Trinajstić information content (AvgIpc) is 3.00. The van der Waals surface area contributed by atoms with Crippen LogP contribution in [0.4, 0.5) is 5.82 Å². The minimum absolute atomic E-state index is 0.0948. The molecule has 0 N–H and O–H groups in total. The number of amides is 1. The molecule has 2 saturated heterocycles.